The summed E-state index contributed by atoms with van der Waals surface area (Å²) in [5.41, 5.74) is 8.27. The zero-order chi connectivity index (χ0) is 16.7. The molecule has 0 radical (unpaired) electrons. The average Bonchev–Trinajstić information content (AvgIpc) is 3.15. The van der Waals surface area contributed by atoms with Crippen LogP contribution >= 0.6 is 0 Å². The van der Waals surface area contributed by atoms with Crippen LogP contribution in [0.5, 0.6) is 5.75 Å². The summed E-state index contributed by atoms with van der Waals surface area (Å²) in [6, 6.07) is 6.31. The largest absolute Gasteiger partial charge is 0.496 e. The molecule has 0 aliphatic heterocycles. The molecule has 24 heavy (non-hydrogen) atoms. The Labute approximate surface area is 141 Å². The number of ether oxygens (including phenoxy) is 1. The number of amides is 1. The lowest BCUT2D eigenvalue weighted by Gasteiger charge is -2.37. The van der Waals surface area contributed by atoms with Gasteiger partial charge in [-0.15, -0.1) is 0 Å². The molecule has 5 heteroatoms. The van der Waals surface area contributed by atoms with E-state index in [-0.39, 0.29) is 11.8 Å². The van der Waals surface area contributed by atoms with Crippen molar-refractivity contribution in [1.29, 1.82) is 0 Å². The molecule has 0 saturated heterocycles. The quantitative estimate of drug-likeness (QED) is 0.787. The second kappa shape index (κ2) is 6.13. The lowest BCUT2D eigenvalue weighted by molar-refractivity contribution is -0.124. The molecule has 5 nitrogen and oxygen atoms in total. The second-order valence-electron chi connectivity index (χ2n) is 7.23. The fraction of sp³-hybridized carbons (Fsp3) is 0.526. The summed E-state index contributed by atoms with van der Waals surface area (Å²) in [5.74, 6) is 2.50. The minimum absolute atomic E-state index is 0.158. The summed E-state index contributed by atoms with van der Waals surface area (Å²) in [5, 5.41) is 4.22. The zero-order valence-corrected chi connectivity index (χ0v) is 14.0. The maximum atomic E-state index is 12.4. The Morgan fingerprint density at radius 2 is 2.25 bits per heavy atom. The fourth-order valence-electron chi connectivity index (χ4n) is 4.55. The van der Waals surface area contributed by atoms with E-state index in [1.807, 2.05) is 24.4 Å². The van der Waals surface area contributed by atoms with Crippen LogP contribution in [0.4, 0.5) is 0 Å². The molecule has 2 aliphatic carbocycles. The summed E-state index contributed by atoms with van der Waals surface area (Å²) in [4.78, 5) is 15.7. The lowest BCUT2D eigenvalue weighted by Crippen LogP contribution is -2.44. The van der Waals surface area contributed by atoms with Gasteiger partial charge in [-0.3, -0.25) is 4.79 Å². The summed E-state index contributed by atoms with van der Waals surface area (Å²) in [6.07, 6.45) is 5.90. The smallest absolute Gasteiger partial charge is 0.223 e. The number of benzene rings is 1. The van der Waals surface area contributed by atoms with Gasteiger partial charge in [-0.1, -0.05) is 6.07 Å². The lowest BCUT2D eigenvalue weighted by atomic mass is 9.72. The number of rotatable bonds is 5. The van der Waals surface area contributed by atoms with Crippen molar-refractivity contribution in [2.24, 2.45) is 23.5 Å². The van der Waals surface area contributed by atoms with Gasteiger partial charge < -0.3 is 20.8 Å². The first-order chi connectivity index (χ1) is 11.7. The summed E-state index contributed by atoms with van der Waals surface area (Å²) < 4.78 is 5.46. The molecule has 2 saturated carbocycles. The molecule has 1 aromatic heterocycles. The van der Waals surface area contributed by atoms with Crippen LogP contribution in [0.3, 0.4) is 0 Å². The van der Waals surface area contributed by atoms with Gasteiger partial charge in [0.25, 0.3) is 0 Å². The van der Waals surface area contributed by atoms with E-state index in [1.54, 1.807) is 7.11 Å². The van der Waals surface area contributed by atoms with Crippen molar-refractivity contribution in [3.8, 4) is 5.75 Å². The molecule has 1 amide bonds. The van der Waals surface area contributed by atoms with Gasteiger partial charge in [-0.05, 0) is 55.2 Å². The van der Waals surface area contributed by atoms with Gasteiger partial charge in [0.15, 0.2) is 0 Å². The van der Waals surface area contributed by atoms with Crippen LogP contribution in [0.1, 0.15) is 24.8 Å². The molecular formula is C19H25N3O2. The Bertz CT molecular complexity index is 754. The molecule has 2 aliphatic rings. The van der Waals surface area contributed by atoms with Gasteiger partial charge in [-0.25, -0.2) is 0 Å². The minimum atomic E-state index is 0.158. The van der Waals surface area contributed by atoms with E-state index < -0.39 is 0 Å². The second-order valence-corrected chi connectivity index (χ2v) is 7.23. The molecule has 2 fully saturated rings. The van der Waals surface area contributed by atoms with Gasteiger partial charge in [0.05, 0.1) is 7.11 Å². The highest BCUT2D eigenvalue weighted by atomic mass is 16.5. The third-order valence-corrected chi connectivity index (χ3v) is 5.91. The van der Waals surface area contributed by atoms with E-state index in [1.165, 1.54) is 5.56 Å². The average molecular weight is 327 g/mol. The SMILES string of the molecule is COc1cccc2[nH]cc(CCNC(=O)C3CC4CC(N)C4C3)c12. The first kappa shape index (κ1) is 15.5. The number of carbonyl (C=O) groups is 1. The van der Waals surface area contributed by atoms with Gasteiger partial charge >= 0.3 is 0 Å². The standard InChI is InChI=1S/C19H25N3O2/c1-24-17-4-2-3-16-18(17)11(10-22-16)5-6-21-19(23)13-7-12-9-15(20)14(12)8-13/h2-4,10,12-15,22H,5-9,20H2,1H3,(H,21,23). The van der Waals surface area contributed by atoms with Gasteiger partial charge in [0.1, 0.15) is 5.75 Å². The van der Waals surface area contributed by atoms with Crippen molar-refractivity contribution in [3.05, 3.63) is 30.0 Å². The van der Waals surface area contributed by atoms with Crippen LogP contribution in [-0.4, -0.2) is 30.6 Å². The van der Waals surface area contributed by atoms with E-state index in [4.69, 9.17) is 10.5 Å². The van der Waals surface area contributed by atoms with Crippen molar-refractivity contribution in [2.45, 2.75) is 31.7 Å². The van der Waals surface area contributed by atoms with Crippen LogP contribution in [0.15, 0.2) is 24.4 Å². The number of aromatic amines is 1. The number of nitrogens with two attached hydrogens (primary N) is 1. The highest BCUT2D eigenvalue weighted by Crippen LogP contribution is 2.48. The maximum absolute atomic E-state index is 12.4. The number of methoxy groups -OCH3 is 1. The van der Waals surface area contributed by atoms with Crippen LogP contribution < -0.4 is 15.8 Å². The molecule has 4 unspecified atom stereocenters. The third kappa shape index (κ3) is 2.57. The van der Waals surface area contributed by atoms with E-state index in [0.717, 1.165) is 42.3 Å². The normalized spacial score (nSPS) is 28.4. The highest BCUT2D eigenvalue weighted by molar-refractivity contribution is 5.89. The van der Waals surface area contributed by atoms with E-state index >= 15 is 0 Å². The van der Waals surface area contributed by atoms with Crippen LogP contribution in [0.25, 0.3) is 10.9 Å². The number of hydrogen-bond donors (Lipinski definition) is 3. The van der Waals surface area contributed by atoms with Crippen LogP contribution in [0.2, 0.25) is 0 Å². The molecule has 0 bridgehead atoms. The van der Waals surface area contributed by atoms with E-state index in [9.17, 15) is 4.79 Å². The van der Waals surface area contributed by atoms with Crippen molar-refractivity contribution >= 4 is 16.8 Å². The monoisotopic (exact) mass is 327 g/mol. The van der Waals surface area contributed by atoms with E-state index in [0.29, 0.717) is 24.4 Å². The molecule has 2 aromatic rings. The Kier molecular flexibility index (Phi) is 3.96. The molecule has 4 rings (SSSR count). The summed E-state index contributed by atoms with van der Waals surface area (Å²) in [7, 11) is 1.69. The summed E-state index contributed by atoms with van der Waals surface area (Å²) >= 11 is 0. The van der Waals surface area contributed by atoms with Crippen molar-refractivity contribution < 1.29 is 9.53 Å². The number of carbonyl (C=O) groups excluding carboxylic acids is 1. The Morgan fingerprint density at radius 3 is 3.00 bits per heavy atom. The Balaban J connectivity index is 1.35. The Hall–Kier alpha value is -2.01. The third-order valence-electron chi connectivity index (χ3n) is 5.91. The van der Waals surface area contributed by atoms with E-state index in [2.05, 4.69) is 10.3 Å². The Morgan fingerprint density at radius 1 is 1.38 bits per heavy atom. The molecule has 1 heterocycles. The molecule has 0 spiro atoms. The topological polar surface area (TPSA) is 80.1 Å². The van der Waals surface area contributed by atoms with Crippen LogP contribution in [-0.2, 0) is 11.2 Å². The van der Waals surface area contributed by atoms with Crippen molar-refractivity contribution in [2.75, 3.05) is 13.7 Å². The number of aromatic nitrogens is 1. The maximum Gasteiger partial charge on any atom is 0.223 e. The fourth-order valence-corrected chi connectivity index (χ4v) is 4.55. The van der Waals surface area contributed by atoms with Crippen LogP contribution in [0, 0.1) is 17.8 Å². The zero-order valence-electron chi connectivity index (χ0n) is 14.0. The number of fused-ring (bicyclic) bond motifs is 2. The van der Waals surface area contributed by atoms with Crippen molar-refractivity contribution in [1.82, 2.24) is 10.3 Å². The summed E-state index contributed by atoms with van der Waals surface area (Å²) in [6.45, 7) is 0.654. The van der Waals surface area contributed by atoms with Gasteiger partial charge in [-0.2, -0.15) is 0 Å². The predicted octanol–water partition coefficient (Wildman–Crippen LogP) is 2.21. The molecule has 4 N–H and O–H groups in total. The van der Waals surface area contributed by atoms with Crippen molar-refractivity contribution in [3.63, 3.8) is 0 Å². The molecule has 128 valence electrons. The first-order valence-electron chi connectivity index (χ1n) is 8.83. The minimum Gasteiger partial charge on any atom is -0.496 e. The molecule has 4 atom stereocenters. The number of nitrogens with one attached hydrogen (secondary N) is 2. The first-order valence-corrected chi connectivity index (χ1v) is 8.83. The number of hydrogen-bond acceptors (Lipinski definition) is 3. The van der Waals surface area contributed by atoms with Gasteiger partial charge in [0, 0.05) is 35.6 Å². The number of H-pyrrole nitrogens is 1. The highest BCUT2D eigenvalue weighted by Gasteiger charge is 2.47. The van der Waals surface area contributed by atoms with Gasteiger partial charge in [0.2, 0.25) is 5.91 Å². The molecule has 1 aromatic carbocycles. The predicted molar refractivity (Wildman–Crippen MR) is 93.9 cm³/mol. The molecular weight excluding hydrogens is 302 g/mol.